The fourth-order valence-electron chi connectivity index (χ4n) is 1.47. The van der Waals surface area contributed by atoms with Crippen molar-refractivity contribution < 1.29 is 4.74 Å². The van der Waals surface area contributed by atoms with E-state index >= 15 is 0 Å². The maximum atomic E-state index is 5.14. The first kappa shape index (κ1) is 12.8. The molecule has 4 heteroatoms. The Morgan fingerprint density at radius 3 is 2.69 bits per heavy atom. The predicted octanol–water partition coefficient (Wildman–Crippen LogP) is 2.35. The largest absolute Gasteiger partial charge is 0.383 e. The van der Waals surface area contributed by atoms with E-state index in [0.29, 0.717) is 12.6 Å². The van der Waals surface area contributed by atoms with Gasteiger partial charge in [-0.2, -0.15) is 0 Å². The van der Waals surface area contributed by atoms with Crippen molar-refractivity contribution in [3.63, 3.8) is 0 Å². The zero-order valence-electron chi connectivity index (χ0n) is 10.3. The summed E-state index contributed by atoms with van der Waals surface area (Å²) in [7, 11) is 1.72. The highest BCUT2D eigenvalue weighted by Gasteiger charge is 2.06. The molecule has 1 aromatic rings. The summed E-state index contributed by atoms with van der Waals surface area (Å²) in [4.78, 5) is 4.45. The van der Waals surface area contributed by atoms with Crippen molar-refractivity contribution in [3.05, 3.63) is 18.2 Å². The maximum Gasteiger partial charge on any atom is 0.128 e. The van der Waals surface area contributed by atoms with E-state index in [1.54, 1.807) is 7.11 Å². The minimum absolute atomic E-state index is 0.314. The molecule has 90 valence electrons. The molecule has 0 aliphatic carbocycles. The number of aromatic nitrogens is 1. The topological polar surface area (TPSA) is 46.2 Å². The third-order valence-corrected chi connectivity index (χ3v) is 2.32. The molecule has 0 saturated carbocycles. The van der Waals surface area contributed by atoms with Crippen molar-refractivity contribution >= 4 is 11.6 Å². The summed E-state index contributed by atoms with van der Waals surface area (Å²) in [6, 6.07) is 6.24. The van der Waals surface area contributed by atoms with Crippen LogP contribution < -0.4 is 10.6 Å². The average Bonchev–Trinajstić information content (AvgIpc) is 2.29. The second-order valence-electron chi connectivity index (χ2n) is 3.64. The smallest absolute Gasteiger partial charge is 0.128 e. The molecule has 0 bridgehead atoms. The van der Waals surface area contributed by atoms with Crippen LogP contribution >= 0.6 is 0 Å². The van der Waals surface area contributed by atoms with Gasteiger partial charge in [0, 0.05) is 13.7 Å². The quantitative estimate of drug-likeness (QED) is 0.745. The molecule has 0 aliphatic rings. The SMILES string of the molecule is CCNc1cccc(NC(CC)COC)n1. The zero-order valence-corrected chi connectivity index (χ0v) is 10.3. The molecule has 0 spiro atoms. The summed E-state index contributed by atoms with van der Waals surface area (Å²) >= 11 is 0. The van der Waals surface area contributed by atoms with Crippen LogP contribution in [0.15, 0.2) is 18.2 Å². The Bertz CT molecular complexity index is 304. The number of nitrogens with one attached hydrogen (secondary N) is 2. The fourth-order valence-corrected chi connectivity index (χ4v) is 1.47. The van der Waals surface area contributed by atoms with E-state index < -0.39 is 0 Å². The van der Waals surface area contributed by atoms with E-state index in [-0.39, 0.29) is 0 Å². The third-order valence-electron chi connectivity index (χ3n) is 2.32. The summed E-state index contributed by atoms with van der Waals surface area (Å²) < 4.78 is 5.14. The van der Waals surface area contributed by atoms with Gasteiger partial charge in [0.05, 0.1) is 12.6 Å². The van der Waals surface area contributed by atoms with Gasteiger partial charge >= 0.3 is 0 Å². The first-order chi connectivity index (χ1) is 7.80. The van der Waals surface area contributed by atoms with Gasteiger partial charge in [0.2, 0.25) is 0 Å². The van der Waals surface area contributed by atoms with Gasteiger partial charge in [-0.25, -0.2) is 4.98 Å². The molecule has 1 unspecified atom stereocenters. The van der Waals surface area contributed by atoms with Crippen molar-refractivity contribution in [1.82, 2.24) is 4.98 Å². The Balaban J connectivity index is 2.60. The summed E-state index contributed by atoms with van der Waals surface area (Å²) in [5.41, 5.74) is 0. The molecule has 0 aromatic carbocycles. The van der Waals surface area contributed by atoms with Crippen molar-refractivity contribution in [1.29, 1.82) is 0 Å². The number of rotatable bonds is 7. The molecule has 0 saturated heterocycles. The Morgan fingerprint density at radius 2 is 2.06 bits per heavy atom. The summed E-state index contributed by atoms with van der Waals surface area (Å²) in [5.74, 6) is 1.79. The van der Waals surface area contributed by atoms with Gasteiger partial charge in [-0.05, 0) is 25.5 Å². The van der Waals surface area contributed by atoms with Crippen LogP contribution in [0, 0.1) is 0 Å². The Morgan fingerprint density at radius 1 is 1.31 bits per heavy atom. The van der Waals surface area contributed by atoms with Crippen LogP contribution in [-0.4, -0.2) is 31.3 Å². The molecule has 1 aromatic heterocycles. The van der Waals surface area contributed by atoms with E-state index in [1.807, 2.05) is 18.2 Å². The lowest BCUT2D eigenvalue weighted by molar-refractivity contribution is 0.184. The molecule has 1 rings (SSSR count). The molecule has 16 heavy (non-hydrogen) atoms. The van der Waals surface area contributed by atoms with Crippen LogP contribution in [0.2, 0.25) is 0 Å². The van der Waals surface area contributed by atoms with Gasteiger partial charge in [0.15, 0.2) is 0 Å². The Kier molecular flexibility index (Phi) is 5.64. The molecule has 1 atom stereocenters. The monoisotopic (exact) mass is 223 g/mol. The first-order valence-corrected chi connectivity index (χ1v) is 5.76. The zero-order chi connectivity index (χ0) is 11.8. The highest BCUT2D eigenvalue weighted by Crippen LogP contribution is 2.11. The molecular weight excluding hydrogens is 202 g/mol. The Hall–Kier alpha value is -1.29. The Labute approximate surface area is 97.4 Å². The van der Waals surface area contributed by atoms with Gasteiger partial charge in [-0.15, -0.1) is 0 Å². The standard InChI is InChI=1S/C12H21N3O/c1-4-10(9-16-3)14-12-8-6-7-11(15-12)13-5-2/h6-8,10H,4-5,9H2,1-3H3,(H2,13,14,15). The van der Waals surface area contributed by atoms with Gasteiger partial charge in [-0.1, -0.05) is 13.0 Å². The van der Waals surface area contributed by atoms with Gasteiger partial charge in [-0.3, -0.25) is 0 Å². The van der Waals surface area contributed by atoms with Crippen LogP contribution in [0.4, 0.5) is 11.6 Å². The number of methoxy groups -OCH3 is 1. The molecular formula is C12H21N3O. The number of ether oxygens (including phenoxy) is 1. The molecule has 1 heterocycles. The molecule has 0 amide bonds. The van der Waals surface area contributed by atoms with E-state index in [2.05, 4.69) is 29.5 Å². The van der Waals surface area contributed by atoms with Crippen LogP contribution in [0.25, 0.3) is 0 Å². The minimum atomic E-state index is 0.314. The van der Waals surface area contributed by atoms with Crippen LogP contribution in [0.3, 0.4) is 0 Å². The number of hydrogen-bond donors (Lipinski definition) is 2. The van der Waals surface area contributed by atoms with Crippen LogP contribution in [0.5, 0.6) is 0 Å². The second-order valence-corrected chi connectivity index (χ2v) is 3.64. The number of anilines is 2. The second kappa shape index (κ2) is 7.06. The van der Waals surface area contributed by atoms with E-state index in [4.69, 9.17) is 4.74 Å². The lowest BCUT2D eigenvalue weighted by Crippen LogP contribution is -2.24. The molecule has 4 nitrogen and oxygen atoms in total. The van der Waals surface area contributed by atoms with Gasteiger partial charge in [0.1, 0.15) is 11.6 Å². The summed E-state index contributed by atoms with van der Waals surface area (Å²) in [6.07, 6.45) is 1.01. The van der Waals surface area contributed by atoms with E-state index in [0.717, 1.165) is 24.6 Å². The van der Waals surface area contributed by atoms with Crippen LogP contribution in [0.1, 0.15) is 20.3 Å². The first-order valence-electron chi connectivity index (χ1n) is 5.76. The number of nitrogens with zero attached hydrogens (tertiary/aromatic N) is 1. The lowest BCUT2D eigenvalue weighted by Gasteiger charge is -2.17. The molecule has 2 N–H and O–H groups in total. The van der Waals surface area contributed by atoms with Crippen molar-refractivity contribution in [3.8, 4) is 0 Å². The normalized spacial score (nSPS) is 12.2. The minimum Gasteiger partial charge on any atom is -0.383 e. The average molecular weight is 223 g/mol. The van der Waals surface area contributed by atoms with Crippen LogP contribution in [-0.2, 0) is 4.74 Å². The van der Waals surface area contributed by atoms with E-state index in [1.165, 1.54) is 0 Å². The maximum absolute atomic E-state index is 5.14. The van der Waals surface area contributed by atoms with Crippen molar-refractivity contribution in [2.24, 2.45) is 0 Å². The molecule has 0 radical (unpaired) electrons. The third kappa shape index (κ3) is 4.06. The number of pyridine rings is 1. The molecule has 0 fully saturated rings. The van der Waals surface area contributed by atoms with Gasteiger partial charge < -0.3 is 15.4 Å². The summed E-state index contributed by atoms with van der Waals surface area (Å²) in [5, 5.41) is 6.54. The number of hydrogen-bond acceptors (Lipinski definition) is 4. The summed E-state index contributed by atoms with van der Waals surface area (Å²) in [6.45, 7) is 5.77. The predicted molar refractivity (Wildman–Crippen MR) is 68.0 cm³/mol. The lowest BCUT2D eigenvalue weighted by atomic mass is 10.2. The van der Waals surface area contributed by atoms with Gasteiger partial charge in [0.25, 0.3) is 0 Å². The van der Waals surface area contributed by atoms with Crippen molar-refractivity contribution in [2.45, 2.75) is 26.3 Å². The fraction of sp³-hybridized carbons (Fsp3) is 0.583. The highest BCUT2D eigenvalue weighted by molar-refractivity contribution is 5.45. The van der Waals surface area contributed by atoms with Crippen molar-refractivity contribution in [2.75, 3.05) is 30.9 Å². The molecule has 0 aliphatic heterocycles. The van der Waals surface area contributed by atoms with E-state index in [9.17, 15) is 0 Å². The highest BCUT2D eigenvalue weighted by atomic mass is 16.5.